The third-order valence-electron chi connectivity index (χ3n) is 6.55. The van der Waals surface area contributed by atoms with Crippen molar-refractivity contribution < 1.29 is 9.59 Å². The molecule has 0 radical (unpaired) electrons. The zero-order chi connectivity index (χ0) is 31.0. The van der Waals surface area contributed by atoms with Crippen LogP contribution in [-0.4, -0.2) is 39.3 Å². The van der Waals surface area contributed by atoms with Gasteiger partial charge in [-0.15, -0.1) is 0 Å². The molecule has 9 heteroatoms. The average Bonchev–Trinajstić information content (AvgIpc) is 3.47. The SMILES string of the molecule is CCN.CCNC(=O)c1ccc(Nc2nc(-c3cccc(NC(=O)c4ccc(C(C)(C)C)cc4)c3)cn3ccnc23)cc1. The molecule has 3 aromatic carbocycles. The first-order chi connectivity index (χ1) is 20.6. The third-order valence-corrected chi connectivity index (χ3v) is 6.55. The second kappa shape index (κ2) is 13.8. The van der Waals surface area contributed by atoms with Gasteiger partial charge in [-0.1, -0.05) is 52.0 Å². The lowest BCUT2D eigenvalue weighted by atomic mass is 9.87. The summed E-state index contributed by atoms with van der Waals surface area (Å²) >= 11 is 0. The molecule has 5 N–H and O–H groups in total. The van der Waals surface area contributed by atoms with E-state index in [-0.39, 0.29) is 17.2 Å². The predicted molar refractivity (Wildman–Crippen MR) is 174 cm³/mol. The lowest BCUT2D eigenvalue weighted by molar-refractivity contribution is 0.0955. The Hall–Kier alpha value is -5.02. The van der Waals surface area contributed by atoms with E-state index < -0.39 is 0 Å². The summed E-state index contributed by atoms with van der Waals surface area (Å²) in [5, 5.41) is 9.13. The number of nitrogens with one attached hydrogen (secondary N) is 3. The maximum atomic E-state index is 12.9. The summed E-state index contributed by atoms with van der Waals surface area (Å²) < 4.78 is 1.90. The van der Waals surface area contributed by atoms with E-state index in [1.54, 1.807) is 18.3 Å². The maximum Gasteiger partial charge on any atom is 0.255 e. The van der Waals surface area contributed by atoms with Crippen LogP contribution in [0.3, 0.4) is 0 Å². The number of imidazole rings is 1. The van der Waals surface area contributed by atoms with Crippen molar-refractivity contribution in [1.82, 2.24) is 19.7 Å². The molecule has 0 spiro atoms. The van der Waals surface area contributed by atoms with Gasteiger partial charge in [0.15, 0.2) is 11.5 Å². The van der Waals surface area contributed by atoms with Gasteiger partial charge in [-0.25, -0.2) is 9.97 Å². The Kier molecular flexibility index (Phi) is 9.90. The fourth-order valence-corrected chi connectivity index (χ4v) is 4.34. The molecule has 9 nitrogen and oxygen atoms in total. The summed E-state index contributed by atoms with van der Waals surface area (Å²) in [6, 6.07) is 22.5. The van der Waals surface area contributed by atoms with Crippen molar-refractivity contribution in [3.8, 4) is 11.3 Å². The van der Waals surface area contributed by atoms with Crippen LogP contribution >= 0.6 is 0 Å². The molecule has 0 saturated carbocycles. The molecule has 222 valence electrons. The molecule has 0 aliphatic rings. The predicted octanol–water partition coefficient (Wildman–Crippen LogP) is 6.40. The minimum absolute atomic E-state index is 0.0228. The highest BCUT2D eigenvalue weighted by molar-refractivity contribution is 6.04. The van der Waals surface area contributed by atoms with Gasteiger partial charge in [0.1, 0.15) is 0 Å². The topological polar surface area (TPSA) is 126 Å². The summed E-state index contributed by atoms with van der Waals surface area (Å²) in [6.45, 7) is 11.6. The molecule has 0 fully saturated rings. The normalized spacial score (nSPS) is 10.9. The molecule has 5 aromatic rings. The molecule has 2 heterocycles. The Labute approximate surface area is 252 Å². The van der Waals surface area contributed by atoms with E-state index in [0.29, 0.717) is 40.5 Å². The number of nitrogens with two attached hydrogens (primary N) is 1. The Bertz CT molecular complexity index is 1690. The highest BCUT2D eigenvalue weighted by Crippen LogP contribution is 2.27. The maximum absolute atomic E-state index is 12.9. The summed E-state index contributed by atoms with van der Waals surface area (Å²) in [5.74, 6) is 0.286. The van der Waals surface area contributed by atoms with Crippen molar-refractivity contribution in [2.24, 2.45) is 5.73 Å². The van der Waals surface area contributed by atoms with E-state index in [1.807, 2.05) is 91.3 Å². The Morgan fingerprint density at radius 3 is 2.19 bits per heavy atom. The highest BCUT2D eigenvalue weighted by Gasteiger charge is 2.15. The van der Waals surface area contributed by atoms with Crippen molar-refractivity contribution in [2.75, 3.05) is 23.7 Å². The summed E-state index contributed by atoms with van der Waals surface area (Å²) in [4.78, 5) is 34.3. The zero-order valence-electron chi connectivity index (χ0n) is 25.3. The van der Waals surface area contributed by atoms with Gasteiger partial charge in [0.05, 0.1) is 5.69 Å². The van der Waals surface area contributed by atoms with Crippen LogP contribution in [0.1, 0.15) is 60.9 Å². The molecule has 0 bridgehead atoms. The van der Waals surface area contributed by atoms with Gasteiger partial charge < -0.3 is 26.1 Å². The van der Waals surface area contributed by atoms with Crippen molar-refractivity contribution >= 4 is 34.7 Å². The monoisotopic (exact) mass is 577 g/mol. The van der Waals surface area contributed by atoms with Crippen LogP contribution in [0.5, 0.6) is 0 Å². The minimum Gasteiger partial charge on any atom is -0.352 e. The number of hydrogen-bond acceptors (Lipinski definition) is 6. The van der Waals surface area contributed by atoms with Crippen LogP contribution in [0, 0.1) is 0 Å². The molecular weight excluding hydrogens is 538 g/mol. The van der Waals surface area contributed by atoms with E-state index in [4.69, 9.17) is 10.7 Å². The van der Waals surface area contributed by atoms with Crippen LogP contribution < -0.4 is 21.7 Å². The molecule has 2 aromatic heterocycles. The van der Waals surface area contributed by atoms with Crippen LogP contribution in [0.15, 0.2) is 91.4 Å². The van der Waals surface area contributed by atoms with Crippen molar-refractivity contribution in [3.63, 3.8) is 0 Å². The third kappa shape index (κ3) is 7.84. The van der Waals surface area contributed by atoms with E-state index in [9.17, 15) is 9.59 Å². The molecule has 0 atom stereocenters. The number of aromatic nitrogens is 3. The number of anilines is 3. The van der Waals surface area contributed by atoms with E-state index in [2.05, 4.69) is 41.7 Å². The van der Waals surface area contributed by atoms with Crippen LogP contribution in [0.25, 0.3) is 16.9 Å². The molecule has 0 unspecified atom stereocenters. The second-order valence-corrected chi connectivity index (χ2v) is 11.0. The molecular formula is C34H39N7O2. The average molecular weight is 578 g/mol. The van der Waals surface area contributed by atoms with Crippen molar-refractivity contribution in [1.29, 1.82) is 0 Å². The minimum atomic E-state index is -0.172. The number of hydrogen-bond donors (Lipinski definition) is 4. The second-order valence-electron chi connectivity index (χ2n) is 11.0. The number of carbonyl (C=O) groups is 2. The molecule has 43 heavy (non-hydrogen) atoms. The lowest BCUT2D eigenvalue weighted by Crippen LogP contribution is -2.22. The first-order valence-corrected chi connectivity index (χ1v) is 14.3. The zero-order valence-corrected chi connectivity index (χ0v) is 25.3. The Balaban J connectivity index is 0.00000135. The van der Waals surface area contributed by atoms with Crippen molar-refractivity contribution in [2.45, 2.75) is 40.0 Å². The lowest BCUT2D eigenvalue weighted by Gasteiger charge is -2.19. The van der Waals surface area contributed by atoms with Crippen LogP contribution in [-0.2, 0) is 5.41 Å². The van der Waals surface area contributed by atoms with E-state index >= 15 is 0 Å². The van der Waals surface area contributed by atoms with Gasteiger partial charge in [-0.2, -0.15) is 0 Å². The highest BCUT2D eigenvalue weighted by atomic mass is 16.2. The van der Waals surface area contributed by atoms with Gasteiger partial charge in [-0.3, -0.25) is 9.59 Å². The number of amides is 2. The first-order valence-electron chi connectivity index (χ1n) is 14.3. The van der Waals surface area contributed by atoms with Gasteiger partial charge >= 0.3 is 0 Å². The molecule has 5 rings (SSSR count). The van der Waals surface area contributed by atoms with Crippen molar-refractivity contribution in [3.05, 3.63) is 108 Å². The first kappa shape index (κ1) is 30.9. The fourth-order valence-electron chi connectivity index (χ4n) is 4.34. The molecule has 2 amide bonds. The summed E-state index contributed by atoms with van der Waals surface area (Å²) in [5.41, 5.74) is 10.9. The van der Waals surface area contributed by atoms with E-state index in [1.165, 1.54) is 5.56 Å². The Morgan fingerprint density at radius 1 is 0.884 bits per heavy atom. The number of benzene rings is 3. The number of rotatable bonds is 7. The van der Waals surface area contributed by atoms with E-state index in [0.717, 1.165) is 17.8 Å². The number of carbonyl (C=O) groups excluding carboxylic acids is 2. The number of fused-ring (bicyclic) bond motifs is 1. The van der Waals surface area contributed by atoms with Gasteiger partial charge in [0.2, 0.25) is 0 Å². The Morgan fingerprint density at radius 2 is 1.53 bits per heavy atom. The largest absolute Gasteiger partial charge is 0.352 e. The van der Waals surface area contributed by atoms with Crippen LogP contribution in [0.4, 0.5) is 17.2 Å². The standard InChI is InChI=1S/C32H32N6O2.C2H7N/c1-5-33-30(39)21-11-15-25(16-12-21)35-28-29-34-17-18-38(29)20-27(37-28)23-7-6-8-26(19-23)36-31(40)22-9-13-24(14-10-22)32(2,3)4;1-2-3/h6-20H,5H2,1-4H3,(H,33,39)(H,35,37)(H,36,40);2-3H2,1H3. The summed E-state index contributed by atoms with van der Waals surface area (Å²) in [7, 11) is 0. The smallest absolute Gasteiger partial charge is 0.255 e. The molecule has 0 aliphatic heterocycles. The molecule has 0 saturated heterocycles. The van der Waals surface area contributed by atoms with Gasteiger partial charge in [0.25, 0.3) is 11.8 Å². The summed E-state index contributed by atoms with van der Waals surface area (Å²) in [6.07, 6.45) is 5.47. The number of nitrogens with zero attached hydrogens (tertiary/aromatic N) is 3. The quantitative estimate of drug-likeness (QED) is 0.177. The molecule has 0 aliphatic carbocycles. The van der Waals surface area contributed by atoms with Crippen LogP contribution in [0.2, 0.25) is 0 Å². The van der Waals surface area contributed by atoms with Gasteiger partial charge in [0, 0.05) is 53.2 Å². The fraction of sp³-hybridized carbons (Fsp3) is 0.235. The van der Waals surface area contributed by atoms with Gasteiger partial charge in [-0.05, 0) is 73.0 Å².